The summed E-state index contributed by atoms with van der Waals surface area (Å²) < 4.78 is 1.89. The topological polar surface area (TPSA) is 41.9 Å². The summed E-state index contributed by atoms with van der Waals surface area (Å²) in [5.41, 5.74) is 2.99. The molecule has 0 atom stereocenters. The Morgan fingerprint density at radius 1 is 1.32 bits per heavy atom. The molecule has 2 rings (SSSR count). The Labute approximate surface area is 145 Å². The van der Waals surface area contributed by atoms with Gasteiger partial charge in [0.2, 0.25) is 0 Å². The molecule has 0 aliphatic heterocycles. The molecule has 1 aromatic heterocycles. The SMILES string of the molecule is Cc1ccc(Cl)cc1NC(=S)NCCCn1ncc(Cl)c1C. The van der Waals surface area contributed by atoms with Gasteiger partial charge in [0.25, 0.3) is 0 Å². The highest BCUT2D eigenvalue weighted by atomic mass is 35.5. The summed E-state index contributed by atoms with van der Waals surface area (Å²) in [5.74, 6) is 0. The van der Waals surface area contributed by atoms with Gasteiger partial charge in [-0.1, -0.05) is 29.3 Å². The number of aryl methyl sites for hydroxylation is 2. The number of thiocarbonyl (C=S) groups is 1. The van der Waals surface area contributed by atoms with Crippen LogP contribution in [-0.2, 0) is 6.54 Å². The van der Waals surface area contributed by atoms with Gasteiger partial charge in [0.15, 0.2) is 5.11 Å². The highest BCUT2D eigenvalue weighted by Crippen LogP contribution is 2.20. The van der Waals surface area contributed by atoms with Gasteiger partial charge < -0.3 is 10.6 Å². The molecule has 0 bridgehead atoms. The minimum absolute atomic E-state index is 0.584. The van der Waals surface area contributed by atoms with Crippen LogP contribution in [-0.4, -0.2) is 21.4 Å². The lowest BCUT2D eigenvalue weighted by Gasteiger charge is -2.13. The van der Waals surface area contributed by atoms with Gasteiger partial charge in [-0.2, -0.15) is 5.10 Å². The summed E-state index contributed by atoms with van der Waals surface area (Å²) in [6.45, 7) is 5.51. The fraction of sp³-hybridized carbons (Fsp3) is 0.333. The molecule has 0 amide bonds. The van der Waals surface area contributed by atoms with Gasteiger partial charge in [0, 0.05) is 23.8 Å². The van der Waals surface area contributed by atoms with Crippen LogP contribution in [0.5, 0.6) is 0 Å². The van der Waals surface area contributed by atoms with Crippen molar-refractivity contribution in [2.45, 2.75) is 26.8 Å². The summed E-state index contributed by atoms with van der Waals surface area (Å²) in [6.07, 6.45) is 2.56. The van der Waals surface area contributed by atoms with Crippen molar-refractivity contribution in [2.75, 3.05) is 11.9 Å². The highest BCUT2D eigenvalue weighted by molar-refractivity contribution is 7.80. The van der Waals surface area contributed by atoms with E-state index in [2.05, 4.69) is 15.7 Å². The average molecular weight is 357 g/mol. The molecule has 0 saturated carbocycles. The quantitative estimate of drug-likeness (QED) is 0.622. The van der Waals surface area contributed by atoms with Crippen LogP contribution < -0.4 is 10.6 Å². The van der Waals surface area contributed by atoms with Crippen LogP contribution in [0.3, 0.4) is 0 Å². The molecule has 0 aliphatic carbocycles. The third-order valence-electron chi connectivity index (χ3n) is 3.32. The summed E-state index contributed by atoms with van der Waals surface area (Å²) >= 11 is 17.2. The Morgan fingerprint density at radius 3 is 2.77 bits per heavy atom. The van der Waals surface area contributed by atoms with Crippen LogP contribution in [0.4, 0.5) is 5.69 Å². The second-order valence-electron chi connectivity index (χ2n) is 4.99. The first-order valence-electron chi connectivity index (χ1n) is 6.96. The fourth-order valence-corrected chi connectivity index (χ4v) is 2.50. The summed E-state index contributed by atoms with van der Waals surface area (Å²) in [4.78, 5) is 0. The number of hydrogen-bond donors (Lipinski definition) is 2. The van der Waals surface area contributed by atoms with Crippen molar-refractivity contribution < 1.29 is 0 Å². The van der Waals surface area contributed by atoms with E-state index >= 15 is 0 Å². The number of hydrogen-bond acceptors (Lipinski definition) is 2. The highest BCUT2D eigenvalue weighted by Gasteiger charge is 2.04. The van der Waals surface area contributed by atoms with Crippen molar-refractivity contribution >= 4 is 46.2 Å². The minimum Gasteiger partial charge on any atom is -0.362 e. The molecule has 4 nitrogen and oxygen atoms in total. The van der Waals surface area contributed by atoms with Crippen molar-refractivity contribution in [3.8, 4) is 0 Å². The molecular formula is C15H18Cl2N4S. The van der Waals surface area contributed by atoms with Crippen LogP contribution >= 0.6 is 35.4 Å². The van der Waals surface area contributed by atoms with Crippen LogP contribution in [0.2, 0.25) is 10.0 Å². The molecule has 1 heterocycles. The molecule has 2 aromatic rings. The van der Waals surface area contributed by atoms with E-state index in [-0.39, 0.29) is 0 Å². The molecule has 22 heavy (non-hydrogen) atoms. The van der Waals surface area contributed by atoms with E-state index in [9.17, 15) is 0 Å². The Hall–Kier alpha value is -1.30. The number of rotatable bonds is 5. The maximum atomic E-state index is 5.99. The van der Waals surface area contributed by atoms with Crippen LogP contribution in [0.25, 0.3) is 0 Å². The molecule has 0 fully saturated rings. The van der Waals surface area contributed by atoms with Crippen molar-refractivity contribution in [2.24, 2.45) is 0 Å². The van der Waals surface area contributed by atoms with E-state index < -0.39 is 0 Å². The molecule has 7 heteroatoms. The second kappa shape index (κ2) is 7.81. The molecular weight excluding hydrogens is 339 g/mol. The van der Waals surface area contributed by atoms with E-state index in [1.165, 1.54) is 0 Å². The van der Waals surface area contributed by atoms with Crippen molar-refractivity contribution in [1.82, 2.24) is 15.1 Å². The molecule has 118 valence electrons. The van der Waals surface area contributed by atoms with E-state index in [0.717, 1.165) is 36.5 Å². The van der Waals surface area contributed by atoms with E-state index in [4.69, 9.17) is 35.4 Å². The maximum Gasteiger partial charge on any atom is 0.170 e. The van der Waals surface area contributed by atoms with Gasteiger partial charge >= 0.3 is 0 Å². The van der Waals surface area contributed by atoms with Gasteiger partial charge in [-0.25, -0.2) is 0 Å². The molecule has 1 aromatic carbocycles. The van der Waals surface area contributed by atoms with Crippen molar-refractivity contribution in [3.05, 3.63) is 45.7 Å². The number of anilines is 1. The first-order valence-corrected chi connectivity index (χ1v) is 8.12. The Balaban J connectivity index is 1.76. The lowest BCUT2D eigenvalue weighted by Crippen LogP contribution is -2.30. The average Bonchev–Trinajstić information content (AvgIpc) is 2.79. The Kier molecular flexibility index (Phi) is 6.06. The van der Waals surface area contributed by atoms with Crippen LogP contribution in [0, 0.1) is 13.8 Å². The van der Waals surface area contributed by atoms with Gasteiger partial charge in [-0.3, -0.25) is 4.68 Å². The maximum absolute atomic E-state index is 5.99. The number of halogens is 2. The Bertz CT molecular complexity index is 670. The van der Waals surface area contributed by atoms with E-state index in [1.807, 2.05) is 36.7 Å². The lowest BCUT2D eigenvalue weighted by atomic mass is 10.2. The van der Waals surface area contributed by atoms with Crippen LogP contribution in [0.15, 0.2) is 24.4 Å². The second-order valence-corrected chi connectivity index (χ2v) is 6.25. The third kappa shape index (κ3) is 4.60. The van der Waals surface area contributed by atoms with Gasteiger partial charge in [0.1, 0.15) is 0 Å². The predicted octanol–water partition coefficient (Wildman–Crippen LogP) is 4.18. The van der Waals surface area contributed by atoms with Crippen molar-refractivity contribution in [1.29, 1.82) is 0 Å². The smallest absolute Gasteiger partial charge is 0.170 e. The molecule has 0 saturated heterocycles. The molecule has 0 spiro atoms. The van der Waals surface area contributed by atoms with Gasteiger partial charge in [0.05, 0.1) is 16.9 Å². The minimum atomic E-state index is 0.584. The zero-order valence-electron chi connectivity index (χ0n) is 12.5. The first-order chi connectivity index (χ1) is 10.5. The van der Waals surface area contributed by atoms with Gasteiger partial charge in [-0.15, -0.1) is 0 Å². The molecule has 0 aliphatic rings. The summed E-state index contributed by atoms with van der Waals surface area (Å²) in [6, 6.07) is 5.67. The molecule has 2 N–H and O–H groups in total. The number of nitrogens with zero attached hydrogens (tertiary/aromatic N) is 2. The Morgan fingerprint density at radius 2 is 2.09 bits per heavy atom. The fourth-order valence-electron chi connectivity index (χ4n) is 1.98. The van der Waals surface area contributed by atoms with E-state index in [1.54, 1.807) is 6.20 Å². The lowest BCUT2D eigenvalue weighted by molar-refractivity contribution is 0.561. The number of nitrogens with one attached hydrogen (secondary N) is 2. The third-order valence-corrected chi connectivity index (χ3v) is 4.18. The monoisotopic (exact) mass is 356 g/mol. The molecule has 0 radical (unpaired) electrons. The zero-order valence-corrected chi connectivity index (χ0v) is 14.8. The van der Waals surface area contributed by atoms with Crippen molar-refractivity contribution in [3.63, 3.8) is 0 Å². The molecule has 0 unspecified atom stereocenters. The first kappa shape index (κ1) is 17.1. The van der Waals surface area contributed by atoms with Crippen LogP contribution in [0.1, 0.15) is 17.7 Å². The van der Waals surface area contributed by atoms with E-state index in [0.29, 0.717) is 15.2 Å². The zero-order chi connectivity index (χ0) is 16.1. The summed E-state index contributed by atoms with van der Waals surface area (Å²) in [7, 11) is 0. The number of aromatic nitrogens is 2. The predicted molar refractivity (Wildman–Crippen MR) is 97.0 cm³/mol. The standard InChI is InChI=1S/C15H18Cl2N4S/c1-10-4-5-12(16)8-14(10)20-15(22)18-6-3-7-21-11(2)13(17)9-19-21/h4-5,8-9H,3,6-7H2,1-2H3,(H2,18,20,22). The van der Waals surface area contributed by atoms with Gasteiger partial charge in [-0.05, 0) is 50.2 Å². The normalized spacial score (nSPS) is 10.5. The largest absolute Gasteiger partial charge is 0.362 e. The number of benzene rings is 1. The summed E-state index contributed by atoms with van der Waals surface area (Å²) in [5, 5.41) is 12.5.